The van der Waals surface area contributed by atoms with Crippen molar-refractivity contribution in [2.24, 2.45) is 5.41 Å². The zero-order chi connectivity index (χ0) is 15.7. The minimum Gasteiger partial charge on any atom is -0.342 e. The molecule has 0 saturated carbocycles. The number of likely N-dealkylation sites (tertiary alicyclic amines) is 1. The monoisotopic (exact) mass is 296 g/mol. The van der Waals surface area contributed by atoms with Gasteiger partial charge in [-0.3, -0.25) is 4.79 Å². The van der Waals surface area contributed by atoms with Gasteiger partial charge in [-0.2, -0.15) is 5.26 Å². The zero-order valence-corrected chi connectivity index (χ0v) is 13.0. The number of para-hydroxylation sites is 2. The molecule has 1 aliphatic heterocycles. The van der Waals surface area contributed by atoms with Gasteiger partial charge in [0.1, 0.15) is 11.2 Å². The van der Waals surface area contributed by atoms with Crippen molar-refractivity contribution in [3.05, 3.63) is 30.1 Å². The van der Waals surface area contributed by atoms with Gasteiger partial charge < -0.3 is 9.88 Å². The first kappa shape index (κ1) is 14.6. The molecule has 22 heavy (non-hydrogen) atoms. The van der Waals surface area contributed by atoms with E-state index in [9.17, 15) is 4.79 Å². The summed E-state index contributed by atoms with van der Waals surface area (Å²) in [6.07, 6.45) is 1.76. The predicted octanol–water partition coefficient (Wildman–Crippen LogP) is 2.82. The van der Waals surface area contributed by atoms with Gasteiger partial charge in [0.2, 0.25) is 5.91 Å². The summed E-state index contributed by atoms with van der Waals surface area (Å²) in [7, 11) is 0. The molecular weight excluding hydrogens is 276 g/mol. The van der Waals surface area contributed by atoms with Crippen LogP contribution in [0.15, 0.2) is 24.3 Å². The molecular formula is C17H20N4O. The number of imidazole rings is 1. The summed E-state index contributed by atoms with van der Waals surface area (Å²) in [5.41, 5.74) is 1.11. The van der Waals surface area contributed by atoms with E-state index in [2.05, 4.69) is 16.0 Å². The second-order valence-corrected chi connectivity index (χ2v) is 6.44. The molecule has 0 bridgehead atoms. The largest absolute Gasteiger partial charge is 0.342 e. The van der Waals surface area contributed by atoms with Crippen LogP contribution in [-0.4, -0.2) is 33.9 Å². The number of nitriles is 1. The molecule has 1 fully saturated rings. The lowest BCUT2D eigenvalue weighted by atomic mass is 9.90. The van der Waals surface area contributed by atoms with Crippen molar-refractivity contribution in [1.29, 1.82) is 5.26 Å². The Bertz CT molecular complexity index is 699. The van der Waals surface area contributed by atoms with Gasteiger partial charge in [0, 0.05) is 19.0 Å². The van der Waals surface area contributed by atoms with E-state index in [1.54, 1.807) is 13.8 Å². The number of hydrogen-bond acceptors (Lipinski definition) is 3. The van der Waals surface area contributed by atoms with Crippen LogP contribution in [0.25, 0.3) is 11.0 Å². The van der Waals surface area contributed by atoms with Crippen LogP contribution < -0.4 is 0 Å². The maximum Gasteiger partial charge on any atom is 0.242 e. The number of amides is 1. The predicted molar refractivity (Wildman–Crippen MR) is 84.0 cm³/mol. The van der Waals surface area contributed by atoms with Gasteiger partial charge >= 0.3 is 0 Å². The number of aromatic amines is 1. The lowest BCUT2D eigenvalue weighted by Crippen LogP contribution is -2.44. The molecule has 0 spiro atoms. The van der Waals surface area contributed by atoms with Crippen LogP contribution >= 0.6 is 0 Å². The number of benzene rings is 1. The van der Waals surface area contributed by atoms with E-state index in [1.807, 2.05) is 29.2 Å². The summed E-state index contributed by atoms with van der Waals surface area (Å²) in [5, 5.41) is 9.09. The highest BCUT2D eigenvalue weighted by Crippen LogP contribution is 2.29. The minimum atomic E-state index is -0.938. The molecule has 1 saturated heterocycles. The maximum atomic E-state index is 12.3. The van der Waals surface area contributed by atoms with Crippen LogP contribution in [0.5, 0.6) is 0 Å². The first-order valence-corrected chi connectivity index (χ1v) is 7.66. The molecule has 1 amide bonds. The molecule has 2 aromatic rings. The van der Waals surface area contributed by atoms with E-state index in [-0.39, 0.29) is 5.91 Å². The number of rotatable bonds is 2. The van der Waals surface area contributed by atoms with Gasteiger partial charge in [-0.25, -0.2) is 4.98 Å². The van der Waals surface area contributed by atoms with Gasteiger partial charge in [0.15, 0.2) is 0 Å². The number of carbonyl (C=O) groups excluding carboxylic acids is 1. The average molecular weight is 296 g/mol. The summed E-state index contributed by atoms with van der Waals surface area (Å²) < 4.78 is 0. The Kier molecular flexibility index (Phi) is 3.61. The van der Waals surface area contributed by atoms with Crippen LogP contribution in [0.1, 0.15) is 38.4 Å². The number of H-pyrrole nitrogens is 1. The topological polar surface area (TPSA) is 72.8 Å². The summed E-state index contributed by atoms with van der Waals surface area (Å²) >= 11 is 0. The molecule has 0 atom stereocenters. The fourth-order valence-electron chi connectivity index (χ4n) is 2.97. The van der Waals surface area contributed by atoms with E-state index < -0.39 is 5.41 Å². The number of aromatic nitrogens is 2. The zero-order valence-electron chi connectivity index (χ0n) is 13.0. The number of carbonyl (C=O) groups is 1. The third kappa shape index (κ3) is 2.57. The van der Waals surface area contributed by atoms with Crippen molar-refractivity contribution in [2.45, 2.75) is 32.6 Å². The van der Waals surface area contributed by atoms with E-state index in [0.29, 0.717) is 19.0 Å². The van der Waals surface area contributed by atoms with Gasteiger partial charge in [-0.15, -0.1) is 0 Å². The lowest BCUT2D eigenvalue weighted by molar-refractivity contribution is -0.138. The molecule has 0 aliphatic carbocycles. The molecule has 1 aromatic heterocycles. The van der Waals surface area contributed by atoms with Crippen LogP contribution in [0.4, 0.5) is 0 Å². The Morgan fingerprint density at radius 2 is 2.05 bits per heavy atom. The first-order chi connectivity index (χ1) is 10.5. The second kappa shape index (κ2) is 5.45. The Labute approximate surface area is 129 Å². The van der Waals surface area contributed by atoms with E-state index in [0.717, 1.165) is 29.7 Å². The van der Waals surface area contributed by atoms with E-state index in [1.165, 1.54) is 0 Å². The van der Waals surface area contributed by atoms with Crippen molar-refractivity contribution in [1.82, 2.24) is 14.9 Å². The van der Waals surface area contributed by atoms with Gasteiger partial charge in [-0.1, -0.05) is 12.1 Å². The molecule has 5 nitrogen and oxygen atoms in total. The van der Waals surface area contributed by atoms with Crippen LogP contribution in [0.2, 0.25) is 0 Å². The first-order valence-electron chi connectivity index (χ1n) is 7.66. The van der Waals surface area contributed by atoms with E-state index in [4.69, 9.17) is 5.26 Å². The Balaban J connectivity index is 1.69. The van der Waals surface area contributed by atoms with E-state index >= 15 is 0 Å². The molecule has 1 N–H and O–H groups in total. The van der Waals surface area contributed by atoms with Crippen LogP contribution in [0, 0.1) is 16.7 Å². The highest BCUT2D eigenvalue weighted by molar-refractivity contribution is 5.84. The smallest absolute Gasteiger partial charge is 0.242 e. The average Bonchev–Trinajstić information content (AvgIpc) is 2.98. The standard InChI is InChI=1S/C17H20N4O/c1-17(2,11-18)16(22)21-9-7-12(8-10-21)15-19-13-5-3-4-6-14(13)20-15/h3-6,12H,7-10H2,1-2H3,(H,19,20). The Hall–Kier alpha value is -2.35. The molecule has 114 valence electrons. The molecule has 1 aromatic carbocycles. The fourth-order valence-corrected chi connectivity index (χ4v) is 2.97. The third-order valence-electron chi connectivity index (χ3n) is 4.39. The summed E-state index contributed by atoms with van der Waals surface area (Å²) in [6, 6.07) is 10.1. The minimum absolute atomic E-state index is 0.0712. The molecule has 0 radical (unpaired) electrons. The lowest BCUT2D eigenvalue weighted by Gasteiger charge is -2.34. The summed E-state index contributed by atoms with van der Waals surface area (Å²) in [4.78, 5) is 22.2. The highest BCUT2D eigenvalue weighted by Gasteiger charge is 2.34. The maximum absolute atomic E-state index is 12.3. The van der Waals surface area contributed by atoms with Crippen molar-refractivity contribution in [3.8, 4) is 6.07 Å². The Morgan fingerprint density at radius 3 is 2.68 bits per heavy atom. The van der Waals surface area contributed by atoms with Crippen molar-refractivity contribution < 1.29 is 4.79 Å². The fraction of sp³-hybridized carbons (Fsp3) is 0.471. The molecule has 5 heteroatoms. The highest BCUT2D eigenvalue weighted by atomic mass is 16.2. The SMILES string of the molecule is CC(C)(C#N)C(=O)N1CCC(c2nc3ccccc3[nH]2)CC1. The second-order valence-electron chi connectivity index (χ2n) is 6.44. The van der Waals surface area contributed by atoms with Gasteiger partial charge in [0.25, 0.3) is 0 Å². The van der Waals surface area contributed by atoms with Crippen LogP contribution in [-0.2, 0) is 4.79 Å². The number of nitrogens with zero attached hydrogens (tertiary/aromatic N) is 3. The molecule has 2 heterocycles. The van der Waals surface area contributed by atoms with Crippen molar-refractivity contribution in [2.75, 3.05) is 13.1 Å². The number of piperidine rings is 1. The molecule has 3 rings (SSSR count). The normalized spacial score (nSPS) is 16.7. The molecule has 1 aliphatic rings. The van der Waals surface area contributed by atoms with Crippen LogP contribution in [0.3, 0.4) is 0 Å². The van der Waals surface area contributed by atoms with Crippen molar-refractivity contribution in [3.63, 3.8) is 0 Å². The number of fused-ring (bicyclic) bond motifs is 1. The summed E-state index contributed by atoms with van der Waals surface area (Å²) in [6.45, 7) is 4.73. The molecule has 0 unspecified atom stereocenters. The van der Waals surface area contributed by atoms with Crippen molar-refractivity contribution >= 4 is 16.9 Å². The quantitative estimate of drug-likeness (QED) is 0.926. The Morgan fingerprint density at radius 1 is 1.36 bits per heavy atom. The van der Waals surface area contributed by atoms with Gasteiger partial charge in [0.05, 0.1) is 17.1 Å². The number of hydrogen-bond donors (Lipinski definition) is 1. The number of nitrogens with one attached hydrogen (secondary N) is 1. The summed E-state index contributed by atoms with van der Waals surface area (Å²) in [5.74, 6) is 1.28. The van der Waals surface area contributed by atoms with Gasteiger partial charge in [-0.05, 0) is 38.8 Å². The third-order valence-corrected chi connectivity index (χ3v) is 4.39.